The number of esters is 1. The minimum absolute atomic E-state index is 0.0864. The van der Waals surface area contributed by atoms with Gasteiger partial charge in [-0.25, -0.2) is 0 Å². The zero-order valence-corrected chi connectivity index (χ0v) is 11.7. The largest absolute Gasteiger partial charge is 0.481 e. The molecule has 0 saturated heterocycles. The van der Waals surface area contributed by atoms with E-state index in [1.165, 1.54) is 19.1 Å². The summed E-state index contributed by atoms with van der Waals surface area (Å²) in [6.07, 6.45) is -0.655. The van der Waals surface area contributed by atoms with E-state index in [9.17, 15) is 9.59 Å². The number of carbonyl (C=O) groups is 2. The molecule has 0 bridgehead atoms. The monoisotopic (exact) mass is 265 g/mol. The highest BCUT2D eigenvalue weighted by Gasteiger charge is 2.21. The van der Waals surface area contributed by atoms with Crippen molar-refractivity contribution >= 4 is 11.9 Å². The van der Waals surface area contributed by atoms with Crippen LogP contribution in [0.15, 0.2) is 24.3 Å². The lowest BCUT2D eigenvalue weighted by Crippen LogP contribution is -2.40. The maximum Gasteiger partial charge on any atom is 0.325 e. The number of hydrogen-bond donors (Lipinski definition) is 0. The van der Waals surface area contributed by atoms with Gasteiger partial charge >= 0.3 is 5.97 Å². The Morgan fingerprint density at radius 3 is 2.37 bits per heavy atom. The van der Waals surface area contributed by atoms with Crippen molar-refractivity contribution in [3.05, 3.63) is 29.8 Å². The lowest BCUT2D eigenvalue weighted by atomic mass is 10.2. The summed E-state index contributed by atoms with van der Waals surface area (Å²) in [6, 6.07) is 7.42. The number of hydrogen-bond acceptors (Lipinski definition) is 4. The van der Waals surface area contributed by atoms with Gasteiger partial charge < -0.3 is 14.4 Å². The minimum atomic E-state index is -0.655. The van der Waals surface area contributed by atoms with Gasteiger partial charge in [0, 0.05) is 7.05 Å². The molecule has 1 rings (SSSR count). The molecule has 5 heteroatoms. The molecule has 0 heterocycles. The summed E-state index contributed by atoms with van der Waals surface area (Å²) in [5.74, 6) is -0.109. The molecular formula is C14H19NO4. The van der Waals surface area contributed by atoms with Crippen molar-refractivity contribution in [1.82, 2.24) is 4.90 Å². The molecule has 0 aromatic heterocycles. The molecule has 1 atom stereocenters. The molecule has 1 unspecified atom stereocenters. The van der Waals surface area contributed by atoms with E-state index in [2.05, 4.69) is 4.74 Å². The molecule has 0 fully saturated rings. The first-order valence-electron chi connectivity index (χ1n) is 5.99. The lowest BCUT2D eigenvalue weighted by Gasteiger charge is -2.21. The number of likely N-dealkylation sites (N-methyl/N-ethyl adjacent to an activating group) is 1. The van der Waals surface area contributed by atoms with Crippen LogP contribution in [0.1, 0.15) is 12.5 Å². The zero-order valence-electron chi connectivity index (χ0n) is 11.7. The average molecular weight is 265 g/mol. The number of ether oxygens (including phenoxy) is 2. The van der Waals surface area contributed by atoms with E-state index in [-0.39, 0.29) is 12.5 Å². The third-order valence-electron chi connectivity index (χ3n) is 2.65. The second kappa shape index (κ2) is 6.78. The number of nitrogens with zero attached hydrogens (tertiary/aromatic N) is 1. The Labute approximate surface area is 113 Å². The first-order chi connectivity index (χ1) is 8.93. The summed E-state index contributed by atoms with van der Waals surface area (Å²) in [4.78, 5) is 24.3. The number of carbonyl (C=O) groups excluding carboxylic acids is 2. The summed E-state index contributed by atoms with van der Waals surface area (Å²) in [6.45, 7) is 3.54. The predicted octanol–water partition coefficient (Wildman–Crippen LogP) is 1.39. The molecule has 1 amide bonds. The van der Waals surface area contributed by atoms with Crippen LogP contribution in [0.3, 0.4) is 0 Å². The van der Waals surface area contributed by atoms with Crippen molar-refractivity contribution in [3.8, 4) is 5.75 Å². The molecule has 0 radical (unpaired) electrons. The fourth-order valence-electron chi connectivity index (χ4n) is 1.52. The second-order valence-electron chi connectivity index (χ2n) is 4.34. The number of aryl methyl sites for hydroxylation is 1. The van der Waals surface area contributed by atoms with Crippen LogP contribution >= 0.6 is 0 Å². The summed E-state index contributed by atoms with van der Waals surface area (Å²) < 4.78 is 10.0. The van der Waals surface area contributed by atoms with Gasteiger partial charge in [0.2, 0.25) is 0 Å². The Balaban J connectivity index is 2.57. The van der Waals surface area contributed by atoms with Gasteiger partial charge in [0.15, 0.2) is 6.10 Å². The summed E-state index contributed by atoms with van der Waals surface area (Å²) >= 11 is 0. The first kappa shape index (κ1) is 15.0. The van der Waals surface area contributed by atoms with Gasteiger partial charge in [-0.3, -0.25) is 9.59 Å². The summed E-state index contributed by atoms with van der Waals surface area (Å²) in [5.41, 5.74) is 1.12. The van der Waals surface area contributed by atoms with E-state index in [0.29, 0.717) is 5.75 Å². The van der Waals surface area contributed by atoms with E-state index >= 15 is 0 Å². The molecule has 0 aliphatic carbocycles. The SMILES string of the molecule is COC(=O)CN(C)C(=O)C(C)Oc1ccc(C)cc1. The second-order valence-corrected chi connectivity index (χ2v) is 4.34. The van der Waals surface area contributed by atoms with Gasteiger partial charge in [-0.05, 0) is 26.0 Å². The number of rotatable bonds is 5. The van der Waals surface area contributed by atoms with E-state index < -0.39 is 12.1 Å². The van der Waals surface area contributed by atoms with Crippen molar-refractivity contribution in [3.63, 3.8) is 0 Å². The number of benzene rings is 1. The standard InChI is InChI=1S/C14H19NO4/c1-10-5-7-12(8-6-10)19-11(2)14(17)15(3)9-13(16)18-4/h5-8,11H,9H2,1-4H3. The Hall–Kier alpha value is -2.04. The highest BCUT2D eigenvalue weighted by atomic mass is 16.5. The third kappa shape index (κ3) is 4.62. The molecule has 0 spiro atoms. The third-order valence-corrected chi connectivity index (χ3v) is 2.65. The molecule has 0 N–H and O–H groups in total. The van der Waals surface area contributed by atoms with E-state index in [0.717, 1.165) is 5.56 Å². The van der Waals surface area contributed by atoms with Gasteiger partial charge in [-0.2, -0.15) is 0 Å². The van der Waals surface area contributed by atoms with Crippen LogP contribution in [0.2, 0.25) is 0 Å². The maximum absolute atomic E-state index is 12.0. The normalized spacial score (nSPS) is 11.6. The molecule has 0 aliphatic rings. The summed E-state index contributed by atoms with van der Waals surface area (Å²) in [5, 5.41) is 0. The molecule has 19 heavy (non-hydrogen) atoms. The van der Waals surface area contributed by atoms with Crippen LogP contribution in [0.5, 0.6) is 5.75 Å². The molecule has 0 aliphatic heterocycles. The zero-order chi connectivity index (χ0) is 14.4. The van der Waals surface area contributed by atoms with Crippen molar-refractivity contribution in [2.45, 2.75) is 20.0 Å². The maximum atomic E-state index is 12.0. The van der Waals surface area contributed by atoms with Crippen LogP contribution in [0.25, 0.3) is 0 Å². The smallest absolute Gasteiger partial charge is 0.325 e. The topological polar surface area (TPSA) is 55.8 Å². The highest BCUT2D eigenvalue weighted by molar-refractivity contribution is 5.84. The van der Waals surface area contributed by atoms with Gasteiger partial charge in [-0.1, -0.05) is 17.7 Å². The van der Waals surface area contributed by atoms with Crippen LogP contribution in [0, 0.1) is 6.92 Å². The molecule has 1 aromatic rings. The van der Waals surface area contributed by atoms with Gasteiger partial charge in [-0.15, -0.1) is 0 Å². The van der Waals surface area contributed by atoms with E-state index in [1.54, 1.807) is 19.1 Å². The van der Waals surface area contributed by atoms with Gasteiger partial charge in [0.25, 0.3) is 5.91 Å². The molecule has 1 aromatic carbocycles. The van der Waals surface area contributed by atoms with Gasteiger partial charge in [0.05, 0.1) is 7.11 Å². The molecular weight excluding hydrogens is 246 g/mol. The van der Waals surface area contributed by atoms with Crippen molar-refractivity contribution in [2.24, 2.45) is 0 Å². The highest BCUT2D eigenvalue weighted by Crippen LogP contribution is 2.14. The van der Waals surface area contributed by atoms with Crippen molar-refractivity contribution in [1.29, 1.82) is 0 Å². The molecule has 104 valence electrons. The molecule has 0 saturated carbocycles. The lowest BCUT2D eigenvalue weighted by molar-refractivity contribution is -0.148. The van der Waals surface area contributed by atoms with E-state index in [4.69, 9.17) is 4.74 Å². The quantitative estimate of drug-likeness (QED) is 0.755. The van der Waals surface area contributed by atoms with Crippen molar-refractivity contribution < 1.29 is 19.1 Å². The van der Waals surface area contributed by atoms with Gasteiger partial charge in [0.1, 0.15) is 12.3 Å². The van der Waals surface area contributed by atoms with Crippen LogP contribution < -0.4 is 4.74 Å². The average Bonchev–Trinajstić information content (AvgIpc) is 2.40. The van der Waals surface area contributed by atoms with Crippen molar-refractivity contribution in [2.75, 3.05) is 20.7 Å². The van der Waals surface area contributed by atoms with E-state index in [1.807, 2.05) is 19.1 Å². The fourth-order valence-corrected chi connectivity index (χ4v) is 1.52. The molecule has 5 nitrogen and oxygen atoms in total. The Kier molecular flexibility index (Phi) is 5.36. The Morgan fingerprint density at radius 2 is 1.84 bits per heavy atom. The Morgan fingerprint density at radius 1 is 1.26 bits per heavy atom. The number of amides is 1. The first-order valence-corrected chi connectivity index (χ1v) is 5.99. The fraction of sp³-hybridized carbons (Fsp3) is 0.429. The van der Waals surface area contributed by atoms with Crippen LogP contribution in [-0.4, -0.2) is 43.6 Å². The Bertz CT molecular complexity index is 441. The van der Waals surface area contributed by atoms with Crippen LogP contribution in [0.4, 0.5) is 0 Å². The minimum Gasteiger partial charge on any atom is -0.481 e. The number of methoxy groups -OCH3 is 1. The predicted molar refractivity (Wildman–Crippen MR) is 70.9 cm³/mol. The summed E-state index contributed by atoms with van der Waals surface area (Å²) in [7, 11) is 2.82. The van der Waals surface area contributed by atoms with Crippen LogP contribution in [-0.2, 0) is 14.3 Å².